The molecule has 0 bridgehead atoms. The van der Waals surface area contributed by atoms with Gasteiger partial charge in [-0.05, 0) is 39.8 Å². The van der Waals surface area contributed by atoms with E-state index < -0.39 is 0 Å². The van der Waals surface area contributed by atoms with Crippen molar-refractivity contribution in [3.05, 3.63) is 23.1 Å². The lowest BCUT2D eigenvalue weighted by Crippen LogP contribution is -2.29. The van der Waals surface area contributed by atoms with Crippen molar-refractivity contribution in [3.8, 4) is 0 Å². The maximum atomic E-state index is 12.2. The van der Waals surface area contributed by atoms with E-state index in [1.165, 1.54) is 0 Å². The second kappa shape index (κ2) is 5.65. The van der Waals surface area contributed by atoms with Crippen molar-refractivity contribution >= 4 is 11.7 Å². The number of amides is 1. The lowest BCUT2D eigenvalue weighted by Gasteiger charge is -2.22. The molecular formula is C13H19N7O. The zero-order valence-corrected chi connectivity index (χ0v) is 12.2. The molecule has 112 valence electrons. The molecule has 8 nitrogen and oxygen atoms in total. The van der Waals surface area contributed by atoms with Gasteiger partial charge in [0.15, 0.2) is 11.5 Å². The van der Waals surface area contributed by atoms with Crippen molar-refractivity contribution in [1.29, 1.82) is 0 Å². The summed E-state index contributed by atoms with van der Waals surface area (Å²) in [5, 5.41) is 21.0. The quantitative estimate of drug-likeness (QED) is 0.775. The van der Waals surface area contributed by atoms with Gasteiger partial charge in [-0.1, -0.05) is 5.21 Å². The molecule has 0 radical (unpaired) electrons. The van der Waals surface area contributed by atoms with Crippen molar-refractivity contribution in [2.24, 2.45) is 0 Å². The molecule has 0 atom stereocenters. The van der Waals surface area contributed by atoms with Crippen LogP contribution in [0.25, 0.3) is 0 Å². The fourth-order valence-corrected chi connectivity index (χ4v) is 2.41. The van der Waals surface area contributed by atoms with E-state index in [1.54, 1.807) is 10.9 Å². The van der Waals surface area contributed by atoms with Gasteiger partial charge in [0.2, 0.25) is 0 Å². The number of rotatable bonds is 3. The third-order valence-corrected chi connectivity index (χ3v) is 3.91. The summed E-state index contributed by atoms with van der Waals surface area (Å²) < 4.78 is 1.79. The van der Waals surface area contributed by atoms with Gasteiger partial charge in [0.1, 0.15) is 0 Å². The monoisotopic (exact) mass is 289 g/mol. The fourth-order valence-electron chi connectivity index (χ4n) is 2.41. The number of carbonyl (C=O) groups excluding carboxylic acids is 1. The summed E-state index contributed by atoms with van der Waals surface area (Å²) in [6, 6.07) is 0.315. The van der Waals surface area contributed by atoms with E-state index in [9.17, 15) is 4.79 Å². The molecule has 21 heavy (non-hydrogen) atoms. The third-order valence-electron chi connectivity index (χ3n) is 3.91. The number of H-pyrrole nitrogens is 1. The largest absolute Gasteiger partial charge is 0.317 e. The summed E-state index contributed by atoms with van der Waals surface area (Å²) in [5.41, 5.74) is 2.17. The summed E-state index contributed by atoms with van der Waals surface area (Å²) in [7, 11) is 0. The average molecular weight is 289 g/mol. The van der Waals surface area contributed by atoms with Crippen molar-refractivity contribution < 1.29 is 4.79 Å². The Hall–Kier alpha value is -2.22. The molecule has 0 unspecified atom stereocenters. The van der Waals surface area contributed by atoms with Crippen LogP contribution in [0.15, 0.2) is 6.20 Å². The smallest absolute Gasteiger partial charge is 0.279 e. The lowest BCUT2D eigenvalue weighted by atomic mass is 10.1. The van der Waals surface area contributed by atoms with Gasteiger partial charge < -0.3 is 10.6 Å². The van der Waals surface area contributed by atoms with Gasteiger partial charge in [0, 0.05) is 11.3 Å². The minimum atomic E-state index is -0.287. The molecule has 0 spiro atoms. The van der Waals surface area contributed by atoms with Crippen LogP contribution in [0, 0.1) is 13.8 Å². The molecule has 3 rings (SSSR count). The predicted molar refractivity (Wildman–Crippen MR) is 77.2 cm³/mol. The summed E-state index contributed by atoms with van der Waals surface area (Å²) in [6.07, 6.45) is 3.71. The number of aromatic nitrogens is 5. The first-order valence-electron chi connectivity index (χ1n) is 7.10. The number of piperidine rings is 1. The summed E-state index contributed by atoms with van der Waals surface area (Å²) >= 11 is 0. The molecule has 0 saturated carbocycles. The Bertz CT molecular complexity index is 639. The van der Waals surface area contributed by atoms with Crippen LogP contribution < -0.4 is 10.6 Å². The Morgan fingerprint density at radius 1 is 1.38 bits per heavy atom. The Kier molecular flexibility index (Phi) is 3.70. The first-order valence-corrected chi connectivity index (χ1v) is 7.10. The van der Waals surface area contributed by atoms with E-state index >= 15 is 0 Å². The second-order valence-electron chi connectivity index (χ2n) is 5.34. The van der Waals surface area contributed by atoms with Crippen molar-refractivity contribution in [3.63, 3.8) is 0 Å². The molecule has 0 aromatic carbocycles. The highest BCUT2D eigenvalue weighted by atomic mass is 16.2. The number of carbonyl (C=O) groups is 1. The van der Waals surface area contributed by atoms with Gasteiger partial charge in [-0.3, -0.25) is 9.89 Å². The first kappa shape index (κ1) is 13.7. The van der Waals surface area contributed by atoms with Crippen LogP contribution in [0.2, 0.25) is 0 Å². The van der Waals surface area contributed by atoms with Gasteiger partial charge in [-0.2, -0.15) is 5.10 Å². The Balaban J connectivity index is 1.70. The molecule has 2 aromatic heterocycles. The molecule has 3 N–H and O–H groups in total. The summed E-state index contributed by atoms with van der Waals surface area (Å²) in [5.74, 6) is 0.249. The number of aromatic amines is 1. The van der Waals surface area contributed by atoms with Crippen LogP contribution in [0.5, 0.6) is 0 Å². The number of hydrogen-bond donors (Lipinski definition) is 3. The molecule has 2 aromatic rings. The average Bonchev–Trinajstić information content (AvgIpc) is 3.11. The Labute approximate surface area is 122 Å². The lowest BCUT2D eigenvalue weighted by molar-refractivity contribution is 0.102. The number of aryl methyl sites for hydroxylation is 1. The van der Waals surface area contributed by atoms with Gasteiger partial charge >= 0.3 is 0 Å². The molecule has 1 saturated heterocycles. The minimum Gasteiger partial charge on any atom is -0.317 e. The number of hydrogen-bond acceptors (Lipinski definition) is 5. The fraction of sp³-hybridized carbons (Fsp3) is 0.538. The van der Waals surface area contributed by atoms with Crippen molar-refractivity contribution in [2.75, 3.05) is 18.4 Å². The molecule has 1 fully saturated rings. The van der Waals surface area contributed by atoms with Crippen LogP contribution in [-0.4, -0.2) is 44.2 Å². The van der Waals surface area contributed by atoms with Crippen LogP contribution in [-0.2, 0) is 0 Å². The van der Waals surface area contributed by atoms with E-state index in [2.05, 4.69) is 31.1 Å². The zero-order chi connectivity index (χ0) is 14.8. The maximum Gasteiger partial charge on any atom is 0.279 e. The second-order valence-corrected chi connectivity index (χ2v) is 5.34. The highest BCUT2D eigenvalue weighted by Crippen LogP contribution is 2.18. The van der Waals surface area contributed by atoms with E-state index in [0.717, 1.165) is 37.2 Å². The van der Waals surface area contributed by atoms with Crippen LogP contribution in [0.1, 0.15) is 40.6 Å². The van der Waals surface area contributed by atoms with Gasteiger partial charge in [-0.15, -0.1) is 5.10 Å². The topological polar surface area (TPSA) is 101 Å². The molecular weight excluding hydrogens is 270 g/mol. The first-order chi connectivity index (χ1) is 10.1. The van der Waals surface area contributed by atoms with E-state index in [-0.39, 0.29) is 5.91 Å². The standard InChI is InChI=1S/C13H19N7O/c1-8-9(2)16-18-12(8)15-13(21)11-7-20(19-17-11)10-3-5-14-6-4-10/h7,10,14H,3-6H2,1-2H3,(H2,15,16,18,21). The number of nitrogens with one attached hydrogen (secondary N) is 3. The predicted octanol–water partition coefficient (Wildman–Crippen LogP) is 0.795. The van der Waals surface area contributed by atoms with Gasteiger partial charge in [-0.25, -0.2) is 4.68 Å². The number of anilines is 1. The van der Waals surface area contributed by atoms with Crippen molar-refractivity contribution in [2.45, 2.75) is 32.7 Å². The van der Waals surface area contributed by atoms with Crippen LogP contribution in [0.3, 0.4) is 0 Å². The summed E-state index contributed by atoms with van der Waals surface area (Å²) in [4.78, 5) is 12.2. The van der Waals surface area contributed by atoms with Crippen LogP contribution >= 0.6 is 0 Å². The van der Waals surface area contributed by atoms with E-state index in [0.29, 0.717) is 17.6 Å². The van der Waals surface area contributed by atoms with Crippen LogP contribution in [0.4, 0.5) is 5.82 Å². The highest BCUT2D eigenvalue weighted by molar-refractivity contribution is 6.02. The van der Waals surface area contributed by atoms with Gasteiger partial charge in [0.05, 0.1) is 12.2 Å². The molecule has 1 amide bonds. The zero-order valence-electron chi connectivity index (χ0n) is 12.2. The Morgan fingerprint density at radius 3 is 2.81 bits per heavy atom. The molecule has 3 heterocycles. The van der Waals surface area contributed by atoms with Crippen molar-refractivity contribution in [1.82, 2.24) is 30.5 Å². The van der Waals surface area contributed by atoms with E-state index in [1.807, 2.05) is 13.8 Å². The third kappa shape index (κ3) is 2.80. The minimum absolute atomic E-state index is 0.287. The summed E-state index contributed by atoms with van der Waals surface area (Å²) in [6.45, 7) is 5.75. The SMILES string of the molecule is Cc1[nH]nc(NC(=O)c2cn(C3CCNCC3)nn2)c1C. The maximum absolute atomic E-state index is 12.2. The molecule has 1 aliphatic heterocycles. The van der Waals surface area contributed by atoms with Gasteiger partial charge in [0.25, 0.3) is 5.91 Å². The molecule has 0 aliphatic carbocycles. The number of nitrogens with zero attached hydrogens (tertiary/aromatic N) is 4. The highest BCUT2D eigenvalue weighted by Gasteiger charge is 2.19. The normalized spacial score (nSPS) is 16.1. The molecule has 8 heteroatoms. The Morgan fingerprint density at radius 2 is 2.14 bits per heavy atom. The molecule has 1 aliphatic rings. The van der Waals surface area contributed by atoms with E-state index in [4.69, 9.17) is 0 Å².